The van der Waals surface area contributed by atoms with Crippen LogP contribution in [0.2, 0.25) is 0 Å². The fourth-order valence-electron chi connectivity index (χ4n) is 4.28. The summed E-state index contributed by atoms with van der Waals surface area (Å²) in [5.74, 6) is 1.42. The van der Waals surface area contributed by atoms with Crippen molar-refractivity contribution in [2.45, 2.75) is 44.2 Å². The van der Waals surface area contributed by atoms with Crippen LogP contribution in [0.15, 0.2) is 42.7 Å². The highest BCUT2D eigenvalue weighted by Gasteiger charge is 2.42. The van der Waals surface area contributed by atoms with Crippen LogP contribution in [0.4, 0.5) is 0 Å². The number of likely N-dealkylation sites (tertiary alicyclic amines) is 1. The molecule has 1 N–H and O–H groups in total. The Kier molecular flexibility index (Phi) is 3.95. The van der Waals surface area contributed by atoms with Gasteiger partial charge >= 0.3 is 0 Å². The van der Waals surface area contributed by atoms with Crippen LogP contribution in [0, 0.1) is 5.92 Å². The van der Waals surface area contributed by atoms with Crippen molar-refractivity contribution >= 4 is 0 Å². The van der Waals surface area contributed by atoms with E-state index in [1.165, 1.54) is 25.0 Å². The first-order chi connectivity index (χ1) is 11.2. The van der Waals surface area contributed by atoms with Crippen LogP contribution in [0.5, 0.6) is 0 Å². The average Bonchev–Trinajstić information content (AvgIpc) is 3.04. The van der Waals surface area contributed by atoms with E-state index in [2.05, 4.69) is 32.8 Å². The molecule has 1 aliphatic carbocycles. The second kappa shape index (κ2) is 6.10. The molecule has 0 unspecified atom stereocenters. The zero-order chi connectivity index (χ0) is 15.7. The third-order valence-corrected chi connectivity index (χ3v) is 5.63. The molecule has 4 rings (SSSR count). The summed E-state index contributed by atoms with van der Waals surface area (Å²) in [5, 5.41) is 10.8. The zero-order valence-electron chi connectivity index (χ0n) is 13.6. The van der Waals surface area contributed by atoms with Crippen molar-refractivity contribution in [2.24, 2.45) is 5.92 Å². The maximum atomic E-state index is 10.8. The van der Waals surface area contributed by atoms with Crippen LogP contribution in [0.1, 0.15) is 37.8 Å². The number of nitrogens with zero attached hydrogens (tertiary/aromatic N) is 3. The summed E-state index contributed by atoms with van der Waals surface area (Å²) in [6.07, 6.45) is 9.47. The SMILES string of the molecule is O[C@]12CCCC[C@H]1CN(Cc1cccn1-c1ccccn1)CC2. The van der Waals surface area contributed by atoms with Crippen molar-refractivity contribution in [3.8, 4) is 5.82 Å². The van der Waals surface area contributed by atoms with Crippen LogP contribution in [-0.2, 0) is 6.54 Å². The van der Waals surface area contributed by atoms with E-state index >= 15 is 0 Å². The van der Waals surface area contributed by atoms with Crippen LogP contribution in [0.25, 0.3) is 5.82 Å². The summed E-state index contributed by atoms with van der Waals surface area (Å²) >= 11 is 0. The number of piperidine rings is 1. The lowest BCUT2D eigenvalue weighted by molar-refractivity contribution is -0.0970. The van der Waals surface area contributed by atoms with Gasteiger partial charge in [-0.15, -0.1) is 0 Å². The highest BCUT2D eigenvalue weighted by atomic mass is 16.3. The van der Waals surface area contributed by atoms with Gasteiger partial charge in [0.1, 0.15) is 5.82 Å². The summed E-state index contributed by atoms with van der Waals surface area (Å²) < 4.78 is 2.17. The summed E-state index contributed by atoms with van der Waals surface area (Å²) in [4.78, 5) is 6.96. The summed E-state index contributed by atoms with van der Waals surface area (Å²) in [6.45, 7) is 2.93. The Morgan fingerprint density at radius 1 is 1.17 bits per heavy atom. The Balaban J connectivity index is 1.49. The number of pyridine rings is 1. The zero-order valence-corrected chi connectivity index (χ0v) is 13.6. The Morgan fingerprint density at radius 2 is 2.13 bits per heavy atom. The molecule has 2 aromatic rings. The molecule has 1 saturated carbocycles. The number of hydrogen-bond acceptors (Lipinski definition) is 3. The number of aliphatic hydroxyl groups is 1. The highest BCUT2D eigenvalue weighted by Crippen LogP contribution is 2.40. The van der Waals surface area contributed by atoms with E-state index in [1.807, 2.05) is 24.4 Å². The Hall–Kier alpha value is -1.65. The Morgan fingerprint density at radius 3 is 3.00 bits per heavy atom. The van der Waals surface area contributed by atoms with E-state index in [0.717, 1.165) is 38.3 Å². The van der Waals surface area contributed by atoms with E-state index in [-0.39, 0.29) is 0 Å². The molecule has 0 radical (unpaired) electrons. The first kappa shape index (κ1) is 14.9. The lowest BCUT2D eigenvalue weighted by Crippen LogP contribution is -2.53. The molecular weight excluding hydrogens is 286 g/mol. The second-order valence-electron chi connectivity index (χ2n) is 7.09. The van der Waals surface area contributed by atoms with Crippen molar-refractivity contribution in [3.05, 3.63) is 48.4 Å². The van der Waals surface area contributed by atoms with Gasteiger partial charge in [0.2, 0.25) is 0 Å². The Bertz CT molecular complexity index is 654. The Labute approximate surface area is 137 Å². The van der Waals surface area contributed by atoms with Crippen LogP contribution >= 0.6 is 0 Å². The molecule has 1 aliphatic heterocycles. The molecule has 2 aliphatic rings. The van der Waals surface area contributed by atoms with E-state index in [1.54, 1.807) is 0 Å². The third-order valence-electron chi connectivity index (χ3n) is 5.63. The fraction of sp³-hybridized carbons (Fsp3) is 0.526. The molecule has 2 fully saturated rings. The minimum Gasteiger partial charge on any atom is -0.390 e. The van der Waals surface area contributed by atoms with Gasteiger partial charge in [0, 0.05) is 43.6 Å². The predicted molar refractivity (Wildman–Crippen MR) is 90.4 cm³/mol. The molecule has 2 atom stereocenters. The van der Waals surface area contributed by atoms with E-state index in [9.17, 15) is 5.11 Å². The van der Waals surface area contributed by atoms with Gasteiger partial charge in [-0.1, -0.05) is 18.9 Å². The monoisotopic (exact) mass is 311 g/mol. The maximum Gasteiger partial charge on any atom is 0.136 e. The van der Waals surface area contributed by atoms with Gasteiger partial charge in [0.25, 0.3) is 0 Å². The second-order valence-corrected chi connectivity index (χ2v) is 7.09. The predicted octanol–water partition coefficient (Wildman–Crippen LogP) is 3.00. The van der Waals surface area contributed by atoms with Crippen LogP contribution < -0.4 is 0 Å². The topological polar surface area (TPSA) is 41.3 Å². The molecular formula is C19H25N3O. The van der Waals surface area contributed by atoms with Gasteiger partial charge in [0.15, 0.2) is 0 Å². The lowest BCUT2D eigenvalue weighted by Gasteiger charge is -2.47. The van der Waals surface area contributed by atoms with Crippen LogP contribution in [0.3, 0.4) is 0 Å². The minimum atomic E-state index is -0.391. The van der Waals surface area contributed by atoms with Crippen molar-refractivity contribution in [1.82, 2.24) is 14.5 Å². The van der Waals surface area contributed by atoms with Crippen LogP contribution in [-0.4, -0.2) is 38.2 Å². The largest absolute Gasteiger partial charge is 0.390 e. The number of aromatic nitrogens is 2. The van der Waals surface area contributed by atoms with E-state index in [4.69, 9.17) is 0 Å². The molecule has 2 aromatic heterocycles. The number of hydrogen-bond donors (Lipinski definition) is 1. The molecule has 122 valence electrons. The molecule has 4 heteroatoms. The smallest absolute Gasteiger partial charge is 0.136 e. The minimum absolute atomic E-state index is 0.391. The molecule has 1 saturated heterocycles. The summed E-state index contributed by atoms with van der Waals surface area (Å²) in [5.41, 5.74) is 0.877. The molecule has 0 bridgehead atoms. The molecule has 0 spiro atoms. The van der Waals surface area contributed by atoms with E-state index < -0.39 is 5.60 Å². The van der Waals surface area contributed by atoms with Gasteiger partial charge in [-0.25, -0.2) is 4.98 Å². The first-order valence-corrected chi connectivity index (χ1v) is 8.77. The van der Waals surface area contributed by atoms with Gasteiger partial charge in [-0.3, -0.25) is 4.90 Å². The molecule has 23 heavy (non-hydrogen) atoms. The van der Waals surface area contributed by atoms with Gasteiger partial charge in [-0.05, 0) is 43.5 Å². The molecule has 0 amide bonds. The first-order valence-electron chi connectivity index (χ1n) is 8.77. The fourth-order valence-corrected chi connectivity index (χ4v) is 4.28. The third kappa shape index (κ3) is 2.93. The number of rotatable bonds is 3. The standard InChI is InChI=1S/C19H25N3O/c23-19-9-3-1-6-16(19)14-21(13-10-19)15-17-7-5-12-22(17)18-8-2-4-11-20-18/h2,4-5,7-8,11-12,16,23H,1,3,6,9-10,13-15H2/t16-,19-/m0/s1. The van der Waals surface area contributed by atoms with Crippen molar-refractivity contribution in [2.75, 3.05) is 13.1 Å². The van der Waals surface area contributed by atoms with Gasteiger partial charge in [-0.2, -0.15) is 0 Å². The summed E-state index contributed by atoms with van der Waals surface area (Å²) in [7, 11) is 0. The van der Waals surface area contributed by atoms with Crippen molar-refractivity contribution < 1.29 is 5.11 Å². The van der Waals surface area contributed by atoms with Gasteiger partial charge in [0.05, 0.1) is 5.60 Å². The van der Waals surface area contributed by atoms with Crippen molar-refractivity contribution in [1.29, 1.82) is 0 Å². The van der Waals surface area contributed by atoms with Gasteiger partial charge < -0.3 is 9.67 Å². The maximum absolute atomic E-state index is 10.8. The number of fused-ring (bicyclic) bond motifs is 1. The molecule has 0 aromatic carbocycles. The van der Waals surface area contributed by atoms with Crippen molar-refractivity contribution in [3.63, 3.8) is 0 Å². The highest BCUT2D eigenvalue weighted by molar-refractivity contribution is 5.27. The summed E-state index contributed by atoms with van der Waals surface area (Å²) in [6, 6.07) is 10.3. The molecule has 4 nitrogen and oxygen atoms in total. The average molecular weight is 311 g/mol. The quantitative estimate of drug-likeness (QED) is 0.947. The van der Waals surface area contributed by atoms with E-state index in [0.29, 0.717) is 5.92 Å². The normalized spacial score (nSPS) is 28.5. The molecule has 3 heterocycles. The lowest BCUT2D eigenvalue weighted by atomic mass is 9.71.